The summed E-state index contributed by atoms with van der Waals surface area (Å²) in [6.45, 7) is 20.8. The third kappa shape index (κ3) is 11.1. The third-order valence-electron chi connectivity index (χ3n) is 2.73. The maximum Gasteiger partial charge on any atom is -0.0398 e. The summed E-state index contributed by atoms with van der Waals surface area (Å²) in [5, 5.41) is 0. The Kier molecular flexibility index (Phi) is 13.6. The van der Waals surface area contributed by atoms with Gasteiger partial charge in [-0.05, 0) is 41.5 Å². The Labute approximate surface area is 139 Å². The molecule has 0 aliphatic carbocycles. The van der Waals surface area contributed by atoms with Crippen molar-refractivity contribution in [1.29, 1.82) is 0 Å². The van der Waals surface area contributed by atoms with Gasteiger partial charge in [0.2, 0.25) is 0 Å². The quantitative estimate of drug-likeness (QED) is 0.479. The molecule has 0 amide bonds. The van der Waals surface area contributed by atoms with E-state index in [1.807, 2.05) is 27.7 Å². The van der Waals surface area contributed by atoms with E-state index in [2.05, 4.69) is 77.9 Å². The molecule has 0 N–H and O–H groups in total. The van der Waals surface area contributed by atoms with Crippen LogP contribution < -0.4 is 0 Å². The van der Waals surface area contributed by atoms with Crippen LogP contribution in [0.2, 0.25) is 0 Å². The molecule has 0 radical (unpaired) electrons. The maximum absolute atomic E-state index is 2.19. The highest BCUT2D eigenvalue weighted by atomic mass is 13.9. The lowest BCUT2D eigenvalue weighted by Crippen LogP contribution is -1.78. The van der Waals surface area contributed by atoms with Gasteiger partial charge >= 0.3 is 0 Å². The molecule has 0 unspecified atom stereocenters. The monoisotopic (exact) mass is 300 g/mol. The molecule has 0 spiro atoms. The molecule has 0 nitrogen and oxygen atoms in total. The first kappa shape index (κ1) is 22.7. The average Bonchev–Trinajstić information content (AvgIpc) is 2.40. The van der Waals surface area contributed by atoms with Gasteiger partial charge in [0.25, 0.3) is 0 Å². The molecule has 124 valence electrons. The van der Waals surface area contributed by atoms with Crippen LogP contribution in [-0.2, 0) is 0 Å². The summed E-state index contributed by atoms with van der Waals surface area (Å²) < 4.78 is 0. The smallest absolute Gasteiger partial charge is 0.0398 e. The van der Waals surface area contributed by atoms with Crippen molar-refractivity contribution < 1.29 is 0 Å². The Balaban J connectivity index is 0. The van der Waals surface area contributed by atoms with Crippen molar-refractivity contribution in [3.05, 3.63) is 69.8 Å². The van der Waals surface area contributed by atoms with Crippen LogP contribution in [0.4, 0.5) is 0 Å². The first-order valence-corrected chi connectivity index (χ1v) is 8.46. The normalized spacial score (nSPS) is 8.45. The summed E-state index contributed by atoms with van der Waals surface area (Å²) in [4.78, 5) is 0. The summed E-state index contributed by atoms with van der Waals surface area (Å²) in [6, 6.07) is 13.1. The highest BCUT2D eigenvalue weighted by Crippen LogP contribution is 2.07. The number of hydrogen-bond acceptors (Lipinski definition) is 0. The van der Waals surface area contributed by atoms with E-state index in [1.54, 1.807) is 0 Å². The number of hydrogen-bond donors (Lipinski definition) is 0. The van der Waals surface area contributed by atoms with Gasteiger partial charge in [0.05, 0.1) is 0 Å². The fourth-order valence-corrected chi connectivity index (χ4v) is 2.40. The van der Waals surface area contributed by atoms with Gasteiger partial charge in [-0.2, -0.15) is 0 Å². The number of benzene rings is 2. The van der Waals surface area contributed by atoms with Crippen molar-refractivity contribution >= 4 is 0 Å². The minimum atomic E-state index is 1.35. The first-order valence-electron chi connectivity index (χ1n) is 8.46. The summed E-state index contributed by atoms with van der Waals surface area (Å²) in [6.07, 6.45) is 0. The Hall–Kier alpha value is -1.56. The van der Waals surface area contributed by atoms with Crippen molar-refractivity contribution in [3.8, 4) is 0 Å². The second-order valence-electron chi connectivity index (χ2n) is 5.33. The molecule has 0 aromatic heterocycles. The van der Waals surface area contributed by atoms with Gasteiger partial charge in [0.1, 0.15) is 0 Å². The van der Waals surface area contributed by atoms with Crippen molar-refractivity contribution in [2.45, 2.75) is 69.2 Å². The lowest BCUT2D eigenvalue weighted by atomic mass is 10.1. The molecule has 2 rings (SSSR count). The van der Waals surface area contributed by atoms with E-state index in [9.17, 15) is 0 Å². The molecule has 0 saturated carbocycles. The van der Waals surface area contributed by atoms with Gasteiger partial charge in [0, 0.05) is 0 Å². The van der Waals surface area contributed by atoms with Gasteiger partial charge in [-0.15, -0.1) is 0 Å². The minimum Gasteiger partial charge on any atom is -0.0683 e. The van der Waals surface area contributed by atoms with E-state index in [4.69, 9.17) is 0 Å². The third-order valence-corrected chi connectivity index (χ3v) is 2.73. The fraction of sp³-hybridized carbons (Fsp3) is 0.455. The van der Waals surface area contributed by atoms with Crippen LogP contribution in [0.5, 0.6) is 0 Å². The van der Waals surface area contributed by atoms with Crippen LogP contribution in [0.3, 0.4) is 0 Å². The van der Waals surface area contributed by atoms with Crippen molar-refractivity contribution in [2.24, 2.45) is 0 Å². The first-order chi connectivity index (χ1) is 10.4. The molecule has 0 atom stereocenters. The lowest BCUT2D eigenvalue weighted by molar-refractivity contribution is 1.32. The van der Waals surface area contributed by atoms with Crippen LogP contribution in [0.1, 0.15) is 61.1 Å². The van der Waals surface area contributed by atoms with Crippen LogP contribution in [0.15, 0.2) is 36.4 Å². The van der Waals surface area contributed by atoms with Crippen LogP contribution in [-0.4, -0.2) is 0 Å². The summed E-state index contributed by atoms with van der Waals surface area (Å²) in [5.41, 5.74) is 8.13. The topological polar surface area (TPSA) is 0 Å². The van der Waals surface area contributed by atoms with Crippen molar-refractivity contribution in [2.75, 3.05) is 0 Å². The molecule has 0 fully saturated rings. The molecule has 0 heteroatoms. The molecule has 0 aliphatic heterocycles. The van der Waals surface area contributed by atoms with E-state index < -0.39 is 0 Å². The highest BCUT2D eigenvalue weighted by molar-refractivity contribution is 5.27. The average molecular weight is 301 g/mol. The Bertz CT molecular complexity index is 371. The predicted octanol–water partition coefficient (Wildman–Crippen LogP) is 7.28. The van der Waals surface area contributed by atoms with Crippen LogP contribution in [0.25, 0.3) is 0 Å². The van der Waals surface area contributed by atoms with Gasteiger partial charge < -0.3 is 0 Å². The SMILES string of the molecule is CC.CC.Cc1cc(C)cc(C)c1.Cc1cc(C)cc(C)c1. The second kappa shape index (κ2) is 13.1. The van der Waals surface area contributed by atoms with E-state index in [0.29, 0.717) is 0 Å². The zero-order valence-corrected chi connectivity index (χ0v) is 16.5. The van der Waals surface area contributed by atoms with E-state index in [1.165, 1.54) is 33.4 Å². The molecule has 22 heavy (non-hydrogen) atoms. The van der Waals surface area contributed by atoms with Gasteiger partial charge in [-0.25, -0.2) is 0 Å². The summed E-state index contributed by atoms with van der Waals surface area (Å²) in [5.74, 6) is 0. The number of rotatable bonds is 0. The Morgan fingerprint density at radius 1 is 0.318 bits per heavy atom. The molecule has 0 heterocycles. The molecule has 0 saturated heterocycles. The van der Waals surface area contributed by atoms with Crippen LogP contribution >= 0.6 is 0 Å². The highest BCUT2D eigenvalue weighted by Gasteiger charge is 1.88. The summed E-state index contributed by atoms with van der Waals surface area (Å²) >= 11 is 0. The van der Waals surface area contributed by atoms with Crippen LogP contribution in [0, 0.1) is 41.5 Å². The van der Waals surface area contributed by atoms with E-state index in [-0.39, 0.29) is 0 Å². The number of aryl methyl sites for hydroxylation is 6. The molecule has 2 aromatic rings. The standard InChI is InChI=1S/2C9H12.2C2H6/c2*1-7-4-8(2)6-9(3)5-7;2*1-2/h2*4-6H,1-3H3;2*1-2H3. The van der Waals surface area contributed by atoms with E-state index in [0.717, 1.165) is 0 Å². The van der Waals surface area contributed by atoms with Gasteiger partial charge in [-0.1, -0.05) is 97.5 Å². The van der Waals surface area contributed by atoms with Crippen molar-refractivity contribution in [1.82, 2.24) is 0 Å². The van der Waals surface area contributed by atoms with Gasteiger partial charge in [-0.3, -0.25) is 0 Å². The fourth-order valence-electron chi connectivity index (χ4n) is 2.40. The van der Waals surface area contributed by atoms with E-state index >= 15 is 0 Å². The Morgan fingerprint density at radius 3 is 0.500 bits per heavy atom. The Morgan fingerprint density at radius 2 is 0.409 bits per heavy atom. The predicted molar refractivity (Wildman–Crippen MR) is 104 cm³/mol. The zero-order valence-electron chi connectivity index (χ0n) is 16.5. The summed E-state index contributed by atoms with van der Waals surface area (Å²) in [7, 11) is 0. The largest absolute Gasteiger partial charge is 0.0683 e. The molecular weight excluding hydrogens is 264 g/mol. The second-order valence-corrected chi connectivity index (χ2v) is 5.33. The molecular formula is C22H36. The zero-order chi connectivity index (χ0) is 17.7. The van der Waals surface area contributed by atoms with Crippen molar-refractivity contribution in [3.63, 3.8) is 0 Å². The maximum atomic E-state index is 2.19. The lowest BCUT2D eigenvalue weighted by Gasteiger charge is -1.96. The minimum absolute atomic E-state index is 1.35. The molecule has 0 bridgehead atoms. The molecule has 2 aromatic carbocycles. The van der Waals surface area contributed by atoms with Gasteiger partial charge in [0.15, 0.2) is 0 Å². The molecule has 0 aliphatic rings.